The Hall–Kier alpha value is -0.340. The second kappa shape index (κ2) is 35.0. The van der Waals surface area contributed by atoms with E-state index in [0.29, 0.717) is 0 Å². The Morgan fingerprint density at radius 3 is 0.711 bits per heavy atom. The predicted molar refractivity (Wildman–Crippen MR) is 190 cm³/mol. The summed E-state index contributed by atoms with van der Waals surface area (Å²) in [7, 11) is -5.84. The van der Waals surface area contributed by atoms with Gasteiger partial charge in [0.15, 0.2) is 0 Å². The van der Waals surface area contributed by atoms with Crippen LogP contribution in [0.4, 0.5) is 13.2 Å². The Labute approximate surface area is 279 Å². The summed E-state index contributed by atoms with van der Waals surface area (Å²) in [5.74, 6) is 0. The van der Waals surface area contributed by atoms with E-state index in [9.17, 15) is 13.2 Å². The third-order valence-corrected chi connectivity index (χ3v) is 9.36. The van der Waals surface area contributed by atoms with Crippen molar-refractivity contribution in [3.63, 3.8) is 0 Å². The van der Waals surface area contributed by atoms with Crippen molar-refractivity contribution in [2.24, 2.45) is 0 Å². The van der Waals surface area contributed by atoms with E-state index in [1.807, 2.05) is 0 Å². The molecule has 0 unspecified atom stereocenters. The van der Waals surface area contributed by atoms with Gasteiger partial charge >= 0.3 is 15.6 Å². The predicted octanol–water partition coefficient (Wildman–Crippen LogP) is 13.4. The van der Waals surface area contributed by atoms with Crippen LogP contribution in [0, 0.1) is 0 Å². The Bertz CT molecular complexity index is 617. The summed E-state index contributed by atoms with van der Waals surface area (Å²) < 4.78 is 57.5. The van der Waals surface area contributed by atoms with E-state index in [4.69, 9.17) is 13.0 Å². The van der Waals surface area contributed by atoms with Crippen LogP contribution in [-0.2, 0) is 10.1 Å². The number of unbranched alkanes of at least 4 members (excludes halogenated alkanes) is 27. The monoisotopic (exact) mass is 672 g/mol. The molecule has 0 heterocycles. The zero-order valence-corrected chi connectivity index (χ0v) is 30.9. The summed E-state index contributed by atoms with van der Waals surface area (Å²) in [4.78, 5) is 2.85. The normalized spacial score (nSPS) is 12.1. The second-order valence-electron chi connectivity index (χ2n) is 13.3. The molecule has 45 heavy (non-hydrogen) atoms. The number of hydrogen-bond donors (Lipinski definition) is 1. The van der Waals surface area contributed by atoms with Crippen molar-refractivity contribution in [2.75, 3.05) is 19.6 Å². The molecule has 0 spiro atoms. The van der Waals surface area contributed by atoms with Crippen LogP contribution in [0.3, 0.4) is 0 Å². The van der Waals surface area contributed by atoms with E-state index >= 15 is 0 Å². The van der Waals surface area contributed by atoms with Crippen molar-refractivity contribution in [1.82, 2.24) is 4.90 Å². The second-order valence-corrected chi connectivity index (χ2v) is 14.7. The lowest BCUT2D eigenvalue weighted by Gasteiger charge is -2.22. The molecule has 0 saturated carbocycles. The summed E-state index contributed by atoms with van der Waals surface area (Å²) in [5.41, 5.74) is -5.53. The zero-order chi connectivity index (χ0) is 33.9. The molecular formula is C37H76F3NO3S. The highest BCUT2D eigenvalue weighted by atomic mass is 32.2. The lowest BCUT2D eigenvalue weighted by atomic mass is 10.1. The fourth-order valence-electron chi connectivity index (χ4n) is 5.80. The van der Waals surface area contributed by atoms with Crippen molar-refractivity contribution in [1.29, 1.82) is 0 Å². The molecule has 0 aliphatic carbocycles. The molecule has 274 valence electrons. The summed E-state index contributed by atoms with van der Waals surface area (Å²) in [6.45, 7) is 11.0. The third kappa shape index (κ3) is 38.0. The molecule has 4 nitrogen and oxygen atoms in total. The van der Waals surface area contributed by atoms with Crippen LogP contribution in [0.1, 0.15) is 213 Å². The van der Waals surface area contributed by atoms with E-state index in [1.54, 1.807) is 0 Å². The highest BCUT2D eigenvalue weighted by Gasteiger charge is 2.44. The Morgan fingerprint density at radius 2 is 0.556 bits per heavy atom. The summed E-state index contributed by atoms with van der Waals surface area (Å²) in [6, 6.07) is 0. The van der Waals surface area contributed by atoms with Gasteiger partial charge in [0.25, 0.3) is 0 Å². The number of alkyl halides is 3. The molecule has 0 rings (SSSR count). The van der Waals surface area contributed by atoms with Gasteiger partial charge in [-0.25, -0.2) is 0 Å². The molecule has 0 atom stereocenters. The standard InChI is InChI=1S/C36H75N.CHF3O3S/c1-4-7-10-13-16-19-22-25-28-31-34-37(35-32-29-26-23-20-17-14-11-8-5-2)36-33-30-27-24-21-18-15-12-9-6-3;2-1(3,4)8(5,6)7/h4-36H2,1-3H3;(H,5,6,7). The molecule has 1 N–H and O–H groups in total. The van der Waals surface area contributed by atoms with Crippen molar-refractivity contribution >= 4 is 10.1 Å². The molecule has 0 aliphatic rings. The minimum atomic E-state index is -5.84. The molecule has 0 aromatic heterocycles. The highest BCUT2D eigenvalue weighted by molar-refractivity contribution is 7.86. The average molecular weight is 672 g/mol. The van der Waals surface area contributed by atoms with E-state index in [-0.39, 0.29) is 0 Å². The maximum absolute atomic E-state index is 10.7. The van der Waals surface area contributed by atoms with Crippen LogP contribution in [0.2, 0.25) is 0 Å². The summed E-state index contributed by atoms with van der Waals surface area (Å²) >= 11 is 0. The van der Waals surface area contributed by atoms with Gasteiger partial charge in [0.05, 0.1) is 0 Å². The molecule has 0 saturated heterocycles. The molecule has 0 radical (unpaired) electrons. The first-order valence-electron chi connectivity index (χ1n) is 19.4. The summed E-state index contributed by atoms with van der Waals surface area (Å²) in [5, 5.41) is 0. The number of hydrogen-bond acceptors (Lipinski definition) is 3. The first-order chi connectivity index (χ1) is 21.6. The van der Waals surface area contributed by atoms with E-state index in [2.05, 4.69) is 25.7 Å². The zero-order valence-electron chi connectivity index (χ0n) is 30.1. The molecule has 0 amide bonds. The van der Waals surface area contributed by atoms with Gasteiger partial charge in [0, 0.05) is 0 Å². The van der Waals surface area contributed by atoms with Gasteiger partial charge in [-0.3, -0.25) is 4.55 Å². The van der Waals surface area contributed by atoms with Gasteiger partial charge < -0.3 is 4.90 Å². The van der Waals surface area contributed by atoms with Crippen molar-refractivity contribution in [3.8, 4) is 0 Å². The maximum Gasteiger partial charge on any atom is 0.522 e. The Morgan fingerprint density at radius 1 is 0.400 bits per heavy atom. The lowest BCUT2D eigenvalue weighted by molar-refractivity contribution is -0.0510. The molecule has 0 bridgehead atoms. The quantitative estimate of drug-likeness (QED) is 0.0428. The van der Waals surface area contributed by atoms with Crippen LogP contribution in [0.25, 0.3) is 0 Å². The summed E-state index contributed by atoms with van der Waals surface area (Å²) in [6.07, 6.45) is 43.6. The van der Waals surface area contributed by atoms with Gasteiger partial charge in [-0.05, 0) is 38.9 Å². The highest BCUT2D eigenvalue weighted by Crippen LogP contribution is 2.20. The van der Waals surface area contributed by atoms with Gasteiger partial charge in [-0.1, -0.05) is 194 Å². The Balaban J connectivity index is 0. The van der Waals surface area contributed by atoms with Gasteiger partial charge in [-0.2, -0.15) is 21.6 Å². The van der Waals surface area contributed by atoms with Crippen LogP contribution in [-0.4, -0.2) is 43.0 Å². The van der Waals surface area contributed by atoms with Gasteiger partial charge in [-0.15, -0.1) is 0 Å². The fourth-order valence-corrected chi connectivity index (χ4v) is 5.80. The van der Waals surface area contributed by atoms with Gasteiger partial charge in [0.1, 0.15) is 0 Å². The number of rotatable bonds is 33. The lowest BCUT2D eigenvalue weighted by Crippen LogP contribution is -2.27. The molecular weight excluding hydrogens is 595 g/mol. The topological polar surface area (TPSA) is 57.6 Å². The number of nitrogens with zero attached hydrogens (tertiary/aromatic N) is 1. The first-order valence-corrected chi connectivity index (χ1v) is 20.8. The third-order valence-electron chi connectivity index (χ3n) is 8.78. The van der Waals surface area contributed by atoms with Crippen molar-refractivity contribution in [3.05, 3.63) is 0 Å². The Kier molecular flexibility index (Phi) is 36.4. The van der Waals surface area contributed by atoms with E-state index in [0.717, 1.165) is 0 Å². The van der Waals surface area contributed by atoms with Crippen molar-refractivity contribution in [2.45, 2.75) is 219 Å². The van der Waals surface area contributed by atoms with E-state index in [1.165, 1.54) is 212 Å². The fraction of sp³-hybridized carbons (Fsp3) is 1.00. The smallest absolute Gasteiger partial charge is 0.303 e. The first kappa shape index (κ1) is 46.8. The minimum Gasteiger partial charge on any atom is -0.303 e. The molecule has 0 fully saturated rings. The van der Waals surface area contributed by atoms with Crippen LogP contribution in [0.5, 0.6) is 0 Å². The number of halogens is 3. The van der Waals surface area contributed by atoms with Crippen LogP contribution in [0.15, 0.2) is 0 Å². The molecule has 0 aromatic rings. The largest absolute Gasteiger partial charge is 0.522 e. The van der Waals surface area contributed by atoms with Crippen molar-refractivity contribution < 1.29 is 26.1 Å². The van der Waals surface area contributed by atoms with E-state index < -0.39 is 15.6 Å². The molecule has 0 aromatic carbocycles. The molecule has 0 aliphatic heterocycles. The average Bonchev–Trinajstić information content (AvgIpc) is 2.98. The minimum absolute atomic E-state index is 1.37. The SMILES string of the molecule is CCCCCCCCCCCCN(CCCCCCCCCCCC)CCCCCCCCCCCC.O=S(=O)(O)C(F)(F)F. The van der Waals surface area contributed by atoms with Crippen LogP contribution < -0.4 is 0 Å². The van der Waals surface area contributed by atoms with Gasteiger partial charge in [0.2, 0.25) is 0 Å². The van der Waals surface area contributed by atoms with Crippen LogP contribution >= 0.6 is 0 Å². The maximum atomic E-state index is 10.7. The molecule has 8 heteroatoms.